The third kappa shape index (κ3) is 4.99. The normalized spacial score (nSPS) is 10.9. The number of ether oxygens (including phenoxy) is 1. The van der Waals surface area contributed by atoms with Gasteiger partial charge < -0.3 is 15.8 Å². The number of carbonyl (C=O) groups is 1. The van der Waals surface area contributed by atoms with Crippen LogP contribution in [-0.2, 0) is 16.4 Å². The van der Waals surface area contributed by atoms with Gasteiger partial charge >= 0.3 is 0 Å². The number of nitrogens with two attached hydrogens (primary N) is 1. The number of nitrogens with zero attached hydrogens (tertiary/aromatic N) is 2. The Hall–Kier alpha value is -3.90. The summed E-state index contributed by atoms with van der Waals surface area (Å²) < 4.78 is 28.3. The number of rotatable bonds is 6. The lowest BCUT2D eigenvalue weighted by Crippen LogP contribution is -2.24. The summed E-state index contributed by atoms with van der Waals surface area (Å²) in [6, 6.07) is 16.5. The van der Waals surface area contributed by atoms with Crippen molar-refractivity contribution in [3.63, 3.8) is 0 Å². The van der Waals surface area contributed by atoms with E-state index in [2.05, 4.69) is 10.3 Å². The summed E-state index contributed by atoms with van der Waals surface area (Å²) in [5.74, 6) is 0.0988. The van der Waals surface area contributed by atoms with Crippen molar-refractivity contribution in [1.82, 2.24) is 10.3 Å². The van der Waals surface area contributed by atoms with Crippen LogP contribution in [0, 0.1) is 11.3 Å². The molecule has 0 bridgehead atoms. The lowest BCUT2D eigenvalue weighted by molar-refractivity contribution is 0.0946. The van der Waals surface area contributed by atoms with E-state index in [9.17, 15) is 18.5 Å². The van der Waals surface area contributed by atoms with Gasteiger partial charge in [-0.3, -0.25) is 4.79 Å². The first-order valence-electron chi connectivity index (χ1n) is 9.15. The number of nitriles is 1. The van der Waals surface area contributed by atoms with Gasteiger partial charge in [0.1, 0.15) is 23.1 Å². The number of sulfone groups is 1. The van der Waals surface area contributed by atoms with Gasteiger partial charge in [0.25, 0.3) is 5.91 Å². The summed E-state index contributed by atoms with van der Waals surface area (Å²) in [6.45, 7) is 0.166. The maximum Gasteiger partial charge on any atom is 0.270 e. The fourth-order valence-electron chi connectivity index (χ4n) is 2.91. The molecule has 0 aliphatic carbocycles. The van der Waals surface area contributed by atoms with Crippen molar-refractivity contribution in [1.29, 1.82) is 5.26 Å². The fourth-order valence-corrected chi connectivity index (χ4v) is 3.54. The Morgan fingerprint density at radius 1 is 1.19 bits per heavy atom. The summed E-state index contributed by atoms with van der Waals surface area (Å²) in [6.07, 6.45) is 1.13. The molecule has 1 amide bonds. The second-order valence-electron chi connectivity index (χ2n) is 6.76. The van der Waals surface area contributed by atoms with E-state index in [-0.39, 0.29) is 34.1 Å². The first-order valence-corrected chi connectivity index (χ1v) is 11.0. The molecule has 3 N–H and O–H groups in total. The van der Waals surface area contributed by atoms with Crippen LogP contribution < -0.4 is 15.8 Å². The van der Waals surface area contributed by atoms with Crippen LogP contribution in [0.15, 0.2) is 59.5 Å². The average Bonchev–Trinajstić information content (AvgIpc) is 2.76. The van der Waals surface area contributed by atoms with Crippen molar-refractivity contribution in [2.45, 2.75) is 11.4 Å². The van der Waals surface area contributed by atoms with Crippen LogP contribution in [0.5, 0.6) is 5.75 Å². The van der Waals surface area contributed by atoms with Crippen LogP contribution in [0.4, 0.5) is 5.69 Å². The molecule has 158 valence electrons. The molecule has 1 aromatic heterocycles. The van der Waals surface area contributed by atoms with Gasteiger partial charge in [-0.25, -0.2) is 13.4 Å². The van der Waals surface area contributed by atoms with E-state index < -0.39 is 15.7 Å². The molecule has 0 radical (unpaired) electrons. The van der Waals surface area contributed by atoms with Crippen LogP contribution in [0.25, 0.3) is 11.3 Å². The molecule has 1 heterocycles. The molecule has 3 rings (SSSR count). The summed E-state index contributed by atoms with van der Waals surface area (Å²) in [7, 11) is -1.76. The van der Waals surface area contributed by atoms with Crippen molar-refractivity contribution >= 4 is 21.4 Å². The Morgan fingerprint density at radius 3 is 2.52 bits per heavy atom. The van der Waals surface area contributed by atoms with Crippen molar-refractivity contribution in [2.75, 3.05) is 19.1 Å². The van der Waals surface area contributed by atoms with Crippen LogP contribution in [0.1, 0.15) is 21.6 Å². The molecule has 9 heteroatoms. The quantitative estimate of drug-likeness (QED) is 0.606. The molecular formula is C22H20N4O4S. The molecule has 0 saturated carbocycles. The van der Waals surface area contributed by atoms with Gasteiger partial charge in [0.2, 0.25) is 0 Å². The molecule has 0 spiro atoms. The van der Waals surface area contributed by atoms with Gasteiger partial charge in [0.15, 0.2) is 9.84 Å². The minimum absolute atomic E-state index is 0.0575. The number of methoxy groups -OCH3 is 1. The smallest absolute Gasteiger partial charge is 0.270 e. The Bertz CT molecular complexity index is 1280. The van der Waals surface area contributed by atoms with E-state index in [1.807, 2.05) is 6.07 Å². The average molecular weight is 436 g/mol. The number of nitrogens with one attached hydrogen (secondary N) is 1. The Morgan fingerprint density at radius 2 is 1.90 bits per heavy atom. The third-order valence-corrected chi connectivity index (χ3v) is 5.67. The van der Waals surface area contributed by atoms with Gasteiger partial charge in [-0.05, 0) is 35.9 Å². The van der Waals surface area contributed by atoms with Crippen LogP contribution >= 0.6 is 0 Å². The van der Waals surface area contributed by atoms with Crippen molar-refractivity contribution in [3.8, 4) is 23.1 Å². The summed E-state index contributed by atoms with van der Waals surface area (Å²) in [5.41, 5.74) is 7.97. The maximum absolute atomic E-state index is 12.7. The Balaban J connectivity index is 1.86. The number of benzene rings is 2. The highest BCUT2D eigenvalue weighted by molar-refractivity contribution is 7.90. The number of carbonyl (C=O) groups excluding carboxylic acids is 1. The zero-order valence-electron chi connectivity index (χ0n) is 16.9. The summed E-state index contributed by atoms with van der Waals surface area (Å²) in [4.78, 5) is 17.2. The number of hydrogen-bond donors (Lipinski definition) is 2. The zero-order chi connectivity index (χ0) is 22.6. The van der Waals surface area contributed by atoms with E-state index in [4.69, 9.17) is 10.5 Å². The molecular weight excluding hydrogens is 416 g/mol. The lowest BCUT2D eigenvalue weighted by Gasteiger charge is -2.11. The standard InChI is InChI=1S/C22H20N4O4S/c1-30-16-5-3-4-15(10-16)21-18(12-23)19(24)11-20(26-21)22(27)25-13-14-6-8-17(9-7-14)31(2,28)29/h3-11H,13H2,1-2H3,(H2,24,26)(H,25,27). The monoisotopic (exact) mass is 436 g/mol. The van der Waals surface area contributed by atoms with E-state index in [0.717, 1.165) is 11.8 Å². The maximum atomic E-state index is 12.7. The van der Waals surface area contributed by atoms with Crippen molar-refractivity contribution in [2.24, 2.45) is 0 Å². The van der Waals surface area contributed by atoms with Gasteiger partial charge in [0.05, 0.1) is 23.4 Å². The third-order valence-electron chi connectivity index (χ3n) is 4.54. The Labute approximate surface area is 180 Å². The van der Waals surface area contributed by atoms with Crippen molar-refractivity contribution in [3.05, 3.63) is 71.4 Å². The molecule has 31 heavy (non-hydrogen) atoms. The van der Waals surface area contributed by atoms with Gasteiger partial charge in [0, 0.05) is 18.4 Å². The predicted octanol–water partition coefficient (Wildman–Crippen LogP) is 2.54. The summed E-state index contributed by atoms with van der Waals surface area (Å²) in [5, 5.41) is 12.2. The second kappa shape index (κ2) is 8.85. The van der Waals surface area contributed by atoms with Crippen LogP contribution in [0.2, 0.25) is 0 Å². The number of aromatic nitrogens is 1. The molecule has 0 aliphatic rings. The number of amides is 1. The van der Waals surface area contributed by atoms with E-state index >= 15 is 0 Å². The highest BCUT2D eigenvalue weighted by atomic mass is 32.2. The fraction of sp³-hybridized carbons (Fsp3) is 0.136. The molecule has 8 nitrogen and oxygen atoms in total. The summed E-state index contributed by atoms with van der Waals surface area (Å²) >= 11 is 0. The highest BCUT2D eigenvalue weighted by Gasteiger charge is 2.17. The molecule has 0 aliphatic heterocycles. The topological polar surface area (TPSA) is 135 Å². The minimum atomic E-state index is -3.29. The molecule has 0 saturated heterocycles. The molecule has 2 aromatic carbocycles. The second-order valence-corrected chi connectivity index (χ2v) is 8.78. The molecule has 0 fully saturated rings. The zero-order valence-corrected chi connectivity index (χ0v) is 17.7. The van der Waals surface area contributed by atoms with E-state index in [0.29, 0.717) is 11.3 Å². The first-order chi connectivity index (χ1) is 14.7. The highest BCUT2D eigenvalue weighted by Crippen LogP contribution is 2.28. The van der Waals surface area contributed by atoms with E-state index in [1.165, 1.54) is 25.3 Å². The number of nitrogen functional groups attached to an aromatic ring is 1. The molecule has 0 atom stereocenters. The van der Waals surface area contributed by atoms with E-state index in [1.54, 1.807) is 36.4 Å². The largest absolute Gasteiger partial charge is 0.497 e. The van der Waals surface area contributed by atoms with Crippen LogP contribution in [0.3, 0.4) is 0 Å². The number of anilines is 1. The minimum Gasteiger partial charge on any atom is -0.497 e. The first kappa shape index (κ1) is 21.8. The molecule has 0 unspecified atom stereocenters. The SMILES string of the molecule is COc1cccc(-c2nc(C(=O)NCc3ccc(S(C)(=O)=O)cc3)cc(N)c2C#N)c1. The van der Waals surface area contributed by atoms with Crippen LogP contribution in [-0.4, -0.2) is 32.7 Å². The van der Waals surface area contributed by atoms with Crippen molar-refractivity contribution < 1.29 is 17.9 Å². The Kier molecular flexibility index (Phi) is 6.22. The van der Waals surface area contributed by atoms with Gasteiger partial charge in [-0.2, -0.15) is 5.26 Å². The van der Waals surface area contributed by atoms with Gasteiger partial charge in [-0.15, -0.1) is 0 Å². The number of pyridine rings is 1. The predicted molar refractivity (Wildman–Crippen MR) is 116 cm³/mol. The lowest BCUT2D eigenvalue weighted by atomic mass is 10.0. The molecule has 3 aromatic rings. The number of hydrogen-bond acceptors (Lipinski definition) is 7. The van der Waals surface area contributed by atoms with Gasteiger partial charge in [-0.1, -0.05) is 24.3 Å².